The topological polar surface area (TPSA) is 32.8 Å². The fourth-order valence-corrected chi connectivity index (χ4v) is 4.83. The number of hydrogen-bond acceptors (Lipinski definition) is 4. The average Bonchev–Trinajstić information content (AvgIpc) is 3.43. The van der Waals surface area contributed by atoms with Crippen molar-refractivity contribution in [1.82, 2.24) is 4.90 Å². The van der Waals surface area contributed by atoms with Crippen LogP contribution in [0.25, 0.3) is 11.1 Å². The van der Waals surface area contributed by atoms with Crippen LogP contribution < -0.4 is 4.90 Å². The van der Waals surface area contributed by atoms with E-state index in [-0.39, 0.29) is 5.91 Å². The van der Waals surface area contributed by atoms with Gasteiger partial charge in [-0.15, -0.1) is 11.3 Å². The molecule has 0 spiro atoms. The number of amides is 1. The summed E-state index contributed by atoms with van der Waals surface area (Å²) in [5, 5.41) is 1.20. The first kappa shape index (κ1) is 18.5. The van der Waals surface area contributed by atoms with Gasteiger partial charge < -0.3 is 14.5 Å². The SMILES string of the molecule is CCCN(CC1CC1)C(=O)c1cc(-c2ccccc2)c(N2CCOCC2)s1. The minimum atomic E-state index is 0.199. The van der Waals surface area contributed by atoms with E-state index in [9.17, 15) is 4.79 Å². The van der Waals surface area contributed by atoms with Gasteiger partial charge in [-0.1, -0.05) is 37.3 Å². The van der Waals surface area contributed by atoms with E-state index in [1.54, 1.807) is 11.3 Å². The second-order valence-corrected chi connectivity index (χ2v) is 8.52. The molecule has 4 rings (SSSR count). The predicted octanol–water partition coefficient (Wildman–Crippen LogP) is 4.51. The van der Waals surface area contributed by atoms with Crippen molar-refractivity contribution in [1.29, 1.82) is 0 Å². The molecule has 1 aromatic heterocycles. The molecule has 0 N–H and O–H groups in total. The molecule has 1 aliphatic carbocycles. The van der Waals surface area contributed by atoms with Crippen LogP contribution in [0.4, 0.5) is 5.00 Å². The minimum absolute atomic E-state index is 0.199. The molecule has 2 fully saturated rings. The molecule has 1 aromatic carbocycles. The lowest BCUT2D eigenvalue weighted by Crippen LogP contribution is -2.36. The highest BCUT2D eigenvalue weighted by Crippen LogP contribution is 2.40. The molecule has 0 bridgehead atoms. The van der Waals surface area contributed by atoms with Crippen molar-refractivity contribution in [3.05, 3.63) is 41.3 Å². The molecule has 0 unspecified atom stereocenters. The van der Waals surface area contributed by atoms with Crippen LogP contribution in [0.15, 0.2) is 36.4 Å². The van der Waals surface area contributed by atoms with Gasteiger partial charge >= 0.3 is 0 Å². The molecular weight excluding hydrogens is 356 g/mol. The van der Waals surface area contributed by atoms with E-state index in [0.29, 0.717) is 5.92 Å². The summed E-state index contributed by atoms with van der Waals surface area (Å²) in [4.78, 5) is 18.6. The van der Waals surface area contributed by atoms with Gasteiger partial charge in [-0.05, 0) is 36.8 Å². The lowest BCUT2D eigenvalue weighted by Gasteiger charge is -2.28. The summed E-state index contributed by atoms with van der Waals surface area (Å²) in [7, 11) is 0. The maximum atomic E-state index is 13.3. The summed E-state index contributed by atoms with van der Waals surface area (Å²) in [6.45, 7) is 7.18. The lowest BCUT2D eigenvalue weighted by atomic mass is 10.1. The van der Waals surface area contributed by atoms with Gasteiger partial charge in [-0.2, -0.15) is 0 Å². The molecule has 1 saturated carbocycles. The van der Waals surface area contributed by atoms with E-state index >= 15 is 0 Å². The Hall–Kier alpha value is -1.85. The standard InChI is InChI=1S/C22H28N2O2S/c1-2-10-24(16-17-8-9-17)21(25)20-15-19(18-6-4-3-5-7-18)22(27-20)23-11-13-26-14-12-23/h3-7,15,17H,2,8-14,16H2,1H3. The smallest absolute Gasteiger partial charge is 0.264 e. The molecule has 1 amide bonds. The highest BCUT2D eigenvalue weighted by atomic mass is 32.1. The Morgan fingerprint density at radius 1 is 1.22 bits per heavy atom. The lowest BCUT2D eigenvalue weighted by molar-refractivity contribution is 0.0752. The summed E-state index contributed by atoms with van der Waals surface area (Å²) in [5.41, 5.74) is 2.35. The zero-order valence-corrected chi connectivity index (χ0v) is 16.8. The van der Waals surface area contributed by atoms with Crippen LogP contribution in [0.5, 0.6) is 0 Å². The number of hydrogen-bond donors (Lipinski definition) is 0. The maximum Gasteiger partial charge on any atom is 0.264 e. The van der Waals surface area contributed by atoms with Gasteiger partial charge in [0.1, 0.15) is 0 Å². The van der Waals surface area contributed by atoms with E-state index in [1.807, 2.05) is 6.07 Å². The van der Waals surface area contributed by atoms with Crippen molar-refractivity contribution >= 4 is 22.2 Å². The molecule has 27 heavy (non-hydrogen) atoms. The molecule has 2 heterocycles. The van der Waals surface area contributed by atoms with E-state index in [0.717, 1.165) is 50.7 Å². The van der Waals surface area contributed by atoms with Crippen LogP contribution in [0.1, 0.15) is 35.9 Å². The highest BCUT2D eigenvalue weighted by molar-refractivity contribution is 7.18. The molecule has 0 radical (unpaired) electrons. The Balaban J connectivity index is 1.66. The second-order valence-electron chi connectivity index (χ2n) is 7.49. The Kier molecular flexibility index (Phi) is 5.79. The van der Waals surface area contributed by atoms with Gasteiger partial charge in [0.05, 0.1) is 23.1 Å². The van der Waals surface area contributed by atoms with E-state index in [1.165, 1.54) is 29.0 Å². The van der Waals surface area contributed by atoms with E-state index in [4.69, 9.17) is 4.74 Å². The van der Waals surface area contributed by atoms with Gasteiger partial charge in [-0.3, -0.25) is 4.79 Å². The quantitative estimate of drug-likeness (QED) is 0.704. The van der Waals surface area contributed by atoms with Crippen molar-refractivity contribution < 1.29 is 9.53 Å². The number of anilines is 1. The summed E-state index contributed by atoms with van der Waals surface area (Å²) < 4.78 is 5.53. The van der Waals surface area contributed by atoms with Crippen LogP contribution in [0.3, 0.4) is 0 Å². The molecule has 4 nitrogen and oxygen atoms in total. The van der Waals surface area contributed by atoms with Crippen molar-refractivity contribution in [3.63, 3.8) is 0 Å². The van der Waals surface area contributed by atoms with Crippen molar-refractivity contribution in [2.24, 2.45) is 5.92 Å². The zero-order chi connectivity index (χ0) is 18.6. The van der Waals surface area contributed by atoms with Crippen LogP contribution in [0, 0.1) is 5.92 Å². The van der Waals surface area contributed by atoms with Crippen molar-refractivity contribution in [2.75, 3.05) is 44.3 Å². The van der Waals surface area contributed by atoms with Gasteiger partial charge in [0, 0.05) is 31.7 Å². The monoisotopic (exact) mass is 384 g/mol. The molecule has 1 aliphatic heterocycles. The third-order valence-corrected chi connectivity index (χ3v) is 6.45. The molecule has 1 saturated heterocycles. The minimum Gasteiger partial charge on any atom is -0.378 e. The summed E-state index contributed by atoms with van der Waals surface area (Å²) in [6, 6.07) is 12.5. The Labute approximate surface area is 165 Å². The normalized spacial score (nSPS) is 17.1. The number of ether oxygens (including phenoxy) is 1. The number of carbonyl (C=O) groups excluding carboxylic acids is 1. The first-order chi connectivity index (χ1) is 13.3. The first-order valence-corrected chi connectivity index (χ1v) is 10.9. The largest absolute Gasteiger partial charge is 0.378 e. The molecule has 5 heteroatoms. The number of thiophene rings is 1. The van der Waals surface area contributed by atoms with E-state index in [2.05, 4.69) is 47.1 Å². The third kappa shape index (κ3) is 4.36. The fraction of sp³-hybridized carbons (Fsp3) is 0.500. The van der Waals surface area contributed by atoms with Crippen LogP contribution >= 0.6 is 11.3 Å². The molecular formula is C22H28N2O2S. The summed E-state index contributed by atoms with van der Waals surface area (Å²) >= 11 is 1.65. The number of benzene rings is 1. The molecule has 0 atom stereocenters. The maximum absolute atomic E-state index is 13.3. The fourth-order valence-electron chi connectivity index (χ4n) is 3.63. The van der Waals surface area contributed by atoms with Gasteiger partial charge in [0.15, 0.2) is 0 Å². The Morgan fingerprint density at radius 3 is 2.63 bits per heavy atom. The first-order valence-electron chi connectivity index (χ1n) is 10.1. The summed E-state index contributed by atoms with van der Waals surface area (Å²) in [6.07, 6.45) is 3.55. The highest BCUT2D eigenvalue weighted by Gasteiger charge is 2.29. The molecule has 2 aromatic rings. The molecule has 2 aliphatic rings. The second kappa shape index (κ2) is 8.44. The van der Waals surface area contributed by atoms with Crippen molar-refractivity contribution in [2.45, 2.75) is 26.2 Å². The van der Waals surface area contributed by atoms with Crippen LogP contribution in [-0.4, -0.2) is 50.2 Å². The van der Waals surface area contributed by atoms with E-state index < -0.39 is 0 Å². The molecule has 144 valence electrons. The third-order valence-electron chi connectivity index (χ3n) is 5.26. The number of morpholine rings is 1. The summed E-state index contributed by atoms with van der Waals surface area (Å²) in [5.74, 6) is 0.915. The van der Waals surface area contributed by atoms with Crippen molar-refractivity contribution in [3.8, 4) is 11.1 Å². The zero-order valence-electron chi connectivity index (χ0n) is 16.0. The number of carbonyl (C=O) groups is 1. The van der Waals surface area contributed by atoms with Gasteiger partial charge in [0.25, 0.3) is 5.91 Å². The van der Waals surface area contributed by atoms with Crippen LogP contribution in [0.2, 0.25) is 0 Å². The number of nitrogens with zero attached hydrogens (tertiary/aromatic N) is 2. The number of rotatable bonds is 7. The predicted molar refractivity (Wildman–Crippen MR) is 112 cm³/mol. The average molecular weight is 385 g/mol. The Morgan fingerprint density at radius 2 is 1.96 bits per heavy atom. The van der Waals surface area contributed by atoms with Gasteiger partial charge in [-0.25, -0.2) is 0 Å². The van der Waals surface area contributed by atoms with Crippen LogP contribution in [-0.2, 0) is 4.74 Å². The van der Waals surface area contributed by atoms with Gasteiger partial charge in [0.2, 0.25) is 0 Å². The Bertz CT molecular complexity index is 764.